The topological polar surface area (TPSA) is 66.3 Å². The predicted octanol–water partition coefficient (Wildman–Crippen LogP) is 3.57. The minimum absolute atomic E-state index is 0.290. The van der Waals surface area contributed by atoms with Gasteiger partial charge in [0, 0.05) is 12.6 Å². The monoisotopic (exact) mass is 307 g/mol. The maximum atomic E-state index is 11.3. The van der Waals surface area contributed by atoms with Crippen LogP contribution in [0, 0.1) is 12.8 Å². The van der Waals surface area contributed by atoms with Crippen molar-refractivity contribution in [1.82, 2.24) is 9.97 Å². The lowest BCUT2D eigenvalue weighted by atomic mass is 10.1. The molecule has 0 saturated carbocycles. The Morgan fingerprint density at radius 1 is 1.33 bits per heavy atom. The summed E-state index contributed by atoms with van der Waals surface area (Å²) < 4.78 is 0. The number of hydrogen-bond acceptors (Lipinski definition) is 5. The molecular formula is C15H21N3O2S. The number of thiophene rings is 1. The average molecular weight is 307 g/mol. The van der Waals surface area contributed by atoms with E-state index in [0.717, 1.165) is 28.1 Å². The summed E-state index contributed by atoms with van der Waals surface area (Å²) in [5, 5.41) is 10.2. The van der Waals surface area contributed by atoms with Crippen LogP contribution in [0.25, 0.3) is 10.2 Å². The van der Waals surface area contributed by atoms with E-state index in [9.17, 15) is 9.90 Å². The largest absolute Gasteiger partial charge is 0.477 e. The molecule has 6 heteroatoms. The molecule has 2 aromatic heterocycles. The summed E-state index contributed by atoms with van der Waals surface area (Å²) in [6, 6.07) is 0.290. The van der Waals surface area contributed by atoms with Crippen molar-refractivity contribution in [2.24, 2.45) is 5.92 Å². The first-order chi connectivity index (χ1) is 9.82. The number of carbonyl (C=O) groups is 1. The fraction of sp³-hybridized carbons (Fsp3) is 0.533. The quantitative estimate of drug-likeness (QED) is 0.914. The molecule has 2 rings (SSSR count). The Balaban J connectivity index is 2.65. The molecular weight excluding hydrogens is 286 g/mol. The summed E-state index contributed by atoms with van der Waals surface area (Å²) in [6.45, 7) is 11.3. The molecule has 2 aromatic rings. The van der Waals surface area contributed by atoms with Crippen LogP contribution >= 0.6 is 11.3 Å². The molecule has 0 radical (unpaired) electrons. The van der Waals surface area contributed by atoms with Gasteiger partial charge in [-0.25, -0.2) is 14.8 Å². The lowest BCUT2D eigenvalue weighted by Crippen LogP contribution is -2.35. The van der Waals surface area contributed by atoms with E-state index in [0.29, 0.717) is 10.8 Å². The van der Waals surface area contributed by atoms with E-state index >= 15 is 0 Å². The highest BCUT2D eigenvalue weighted by Crippen LogP contribution is 2.35. The molecule has 2 heterocycles. The number of rotatable bonds is 5. The number of nitrogens with zero attached hydrogens (tertiary/aromatic N) is 3. The van der Waals surface area contributed by atoms with Gasteiger partial charge in [-0.2, -0.15) is 0 Å². The number of anilines is 1. The van der Waals surface area contributed by atoms with Gasteiger partial charge in [0.2, 0.25) is 0 Å². The van der Waals surface area contributed by atoms with Crippen LogP contribution in [0.5, 0.6) is 0 Å². The SMILES string of the molecule is Cc1c(C(=O)O)sc2ncnc(N(CC(C)C)C(C)C)c12. The van der Waals surface area contributed by atoms with Gasteiger partial charge in [-0.1, -0.05) is 13.8 Å². The van der Waals surface area contributed by atoms with Gasteiger partial charge in [0.05, 0.1) is 5.39 Å². The van der Waals surface area contributed by atoms with E-state index in [-0.39, 0.29) is 6.04 Å². The number of fused-ring (bicyclic) bond motifs is 1. The van der Waals surface area contributed by atoms with Gasteiger partial charge < -0.3 is 10.0 Å². The molecule has 0 aliphatic rings. The molecule has 1 N–H and O–H groups in total. The van der Waals surface area contributed by atoms with E-state index in [1.165, 1.54) is 17.7 Å². The predicted molar refractivity (Wildman–Crippen MR) is 86.4 cm³/mol. The molecule has 5 nitrogen and oxygen atoms in total. The second kappa shape index (κ2) is 5.97. The molecule has 0 amide bonds. The highest BCUT2D eigenvalue weighted by atomic mass is 32.1. The van der Waals surface area contributed by atoms with E-state index in [2.05, 4.69) is 42.6 Å². The van der Waals surface area contributed by atoms with Crippen LogP contribution in [0.4, 0.5) is 5.82 Å². The summed E-state index contributed by atoms with van der Waals surface area (Å²) in [5.41, 5.74) is 0.757. The first-order valence-electron chi connectivity index (χ1n) is 7.07. The van der Waals surface area contributed by atoms with Crippen LogP contribution in [-0.2, 0) is 0 Å². The maximum Gasteiger partial charge on any atom is 0.346 e. The minimum Gasteiger partial charge on any atom is -0.477 e. The number of aromatic nitrogens is 2. The van der Waals surface area contributed by atoms with Crippen molar-refractivity contribution >= 4 is 33.3 Å². The van der Waals surface area contributed by atoms with Gasteiger partial charge in [-0.3, -0.25) is 0 Å². The third-order valence-corrected chi connectivity index (χ3v) is 4.55. The molecule has 0 bridgehead atoms. The van der Waals surface area contributed by atoms with Gasteiger partial charge in [0.25, 0.3) is 0 Å². The molecule has 114 valence electrons. The Bertz CT molecular complexity index is 664. The van der Waals surface area contributed by atoms with Crippen LogP contribution in [0.15, 0.2) is 6.33 Å². The number of aromatic carboxylic acids is 1. The summed E-state index contributed by atoms with van der Waals surface area (Å²) in [5.74, 6) is 0.432. The zero-order chi connectivity index (χ0) is 15.7. The van der Waals surface area contributed by atoms with Crippen molar-refractivity contribution in [2.75, 3.05) is 11.4 Å². The van der Waals surface area contributed by atoms with Gasteiger partial charge in [0.1, 0.15) is 21.9 Å². The van der Waals surface area contributed by atoms with Gasteiger partial charge >= 0.3 is 5.97 Å². The Morgan fingerprint density at radius 3 is 2.52 bits per heavy atom. The van der Waals surface area contributed by atoms with Crippen LogP contribution in [0.3, 0.4) is 0 Å². The standard InChI is InChI=1S/C15H21N3O2S/c1-8(2)6-18(9(3)4)13-11-10(5)12(15(19)20)21-14(11)17-7-16-13/h7-9H,6H2,1-5H3,(H,19,20). The lowest BCUT2D eigenvalue weighted by molar-refractivity contribution is 0.0701. The van der Waals surface area contributed by atoms with Crippen molar-refractivity contribution < 1.29 is 9.90 Å². The van der Waals surface area contributed by atoms with Gasteiger partial charge in [-0.15, -0.1) is 11.3 Å². The molecule has 0 atom stereocenters. The van der Waals surface area contributed by atoms with Gasteiger partial charge in [-0.05, 0) is 32.3 Å². The first kappa shape index (κ1) is 15.7. The summed E-state index contributed by atoms with van der Waals surface area (Å²) in [7, 11) is 0. The van der Waals surface area contributed by atoms with Crippen molar-refractivity contribution in [1.29, 1.82) is 0 Å². The van der Waals surface area contributed by atoms with Crippen molar-refractivity contribution in [3.05, 3.63) is 16.8 Å². The second-order valence-electron chi connectivity index (χ2n) is 5.88. The molecule has 0 saturated heterocycles. The Labute approximate surface area is 128 Å². The third kappa shape index (κ3) is 3.00. The van der Waals surface area contributed by atoms with Crippen molar-refractivity contribution in [3.63, 3.8) is 0 Å². The smallest absolute Gasteiger partial charge is 0.346 e. The van der Waals surface area contributed by atoms with E-state index in [1.54, 1.807) is 0 Å². The number of carboxylic acid groups (broad SMARTS) is 1. The fourth-order valence-corrected chi connectivity index (χ4v) is 3.39. The third-order valence-electron chi connectivity index (χ3n) is 3.36. The fourth-order valence-electron chi connectivity index (χ4n) is 2.41. The number of aryl methyl sites for hydroxylation is 1. The number of carboxylic acids is 1. The molecule has 0 aliphatic carbocycles. The van der Waals surface area contributed by atoms with Crippen LogP contribution in [-0.4, -0.2) is 33.6 Å². The number of hydrogen-bond donors (Lipinski definition) is 1. The highest BCUT2D eigenvalue weighted by molar-refractivity contribution is 7.20. The Morgan fingerprint density at radius 2 is 2.00 bits per heavy atom. The summed E-state index contributed by atoms with van der Waals surface area (Å²) >= 11 is 1.22. The maximum absolute atomic E-state index is 11.3. The normalized spacial score (nSPS) is 11.6. The Hall–Kier alpha value is -1.69. The lowest BCUT2D eigenvalue weighted by Gasteiger charge is -2.30. The molecule has 0 aliphatic heterocycles. The van der Waals surface area contributed by atoms with Crippen molar-refractivity contribution in [3.8, 4) is 0 Å². The zero-order valence-electron chi connectivity index (χ0n) is 13.0. The Kier molecular flexibility index (Phi) is 4.46. The molecule has 0 unspecified atom stereocenters. The van der Waals surface area contributed by atoms with Crippen LogP contribution < -0.4 is 4.90 Å². The second-order valence-corrected chi connectivity index (χ2v) is 6.88. The highest BCUT2D eigenvalue weighted by Gasteiger charge is 2.23. The summed E-state index contributed by atoms with van der Waals surface area (Å²) in [4.78, 5) is 23.3. The van der Waals surface area contributed by atoms with E-state index in [1.807, 2.05) is 6.92 Å². The van der Waals surface area contributed by atoms with Crippen LogP contribution in [0.2, 0.25) is 0 Å². The summed E-state index contributed by atoms with van der Waals surface area (Å²) in [6.07, 6.45) is 1.52. The molecule has 0 spiro atoms. The van der Waals surface area contributed by atoms with Crippen molar-refractivity contribution in [2.45, 2.75) is 40.7 Å². The first-order valence-corrected chi connectivity index (χ1v) is 7.88. The van der Waals surface area contributed by atoms with E-state index < -0.39 is 5.97 Å². The molecule has 21 heavy (non-hydrogen) atoms. The molecule has 0 aromatic carbocycles. The molecule has 0 fully saturated rings. The van der Waals surface area contributed by atoms with Gasteiger partial charge in [0.15, 0.2) is 0 Å². The average Bonchev–Trinajstić information content (AvgIpc) is 2.73. The van der Waals surface area contributed by atoms with Crippen LogP contribution in [0.1, 0.15) is 42.9 Å². The minimum atomic E-state index is -0.901. The zero-order valence-corrected chi connectivity index (χ0v) is 13.9. The van der Waals surface area contributed by atoms with E-state index in [4.69, 9.17) is 0 Å².